The van der Waals surface area contributed by atoms with Crippen molar-refractivity contribution in [3.05, 3.63) is 27.8 Å². The molecule has 0 aliphatic heterocycles. The molecule has 0 bridgehead atoms. The Balaban J connectivity index is 2.14. The Morgan fingerprint density at radius 3 is 2.61 bits per heavy atom. The lowest BCUT2D eigenvalue weighted by molar-refractivity contribution is -0.143. The van der Waals surface area contributed by atoms with Crippen molar-refractivity contribution in [2.24, 2.45) is 0 Å². The monoisotopic (exact) mass is 457 g/mol. The number of halogens is 1. The van der Waals surface area contributed by atoms with Crippen LogP contribution in [0.4, 0.5) is 10.5 Å². The van der Waals surface area contributed by atoms with Crippen molar-refractivity contribution in [3.63, 3.8) is 0 Å². The second-order valence-electron chi connectivity index (χ2n) is 4.38. The van der Waals surface area contributed by atoms with Gasteiger partial charge in [-0.15, -0.1) is 0 Å². The number of rotatable bonds is 8. The number of carbonyl (C=O) groups excluding carboxylic acids is 2. The Morgan fingerprint density at radius 2 is 1.96 bits per heavy atom. The molecule has 0 aliphatic rings. The summed E-state index contributed by atoms with van der Waals surface area (Å²) in [5.41, 5.74) is 0.603. The molecule has 0 atom stereocenters. The maximum absolute atomic E-state index is 11.5. The Bertz CT molecular complexity index is 647. The Hall–Kier alpha value is -1.40. The third-order valence-corrected chi connectivity index (χ3v) is 3.79. The van der Waals surface area contributed by atoms with Gasteiger partial charge in [0.15, 0.2) is 0 Å². The molecule has 0 saturated carbocycles. The average Bonchev–Trinajstić information content (AvgIpc) is 2.42. The van der Waals surface area contributed by atoms with Gasteiger partial charge in [-0.3, -0.25) is 14.7 Å². The Labute approximate surface area is 147 Å². The normalized spacial score (nSPS) is 10.9. The van der Waals surface area contributed by atoms with Gasteiger partial charge in [0.2, 0.25) is 0 Å². The number of benzene rings is 1. The third kappa shape index (κ3) is 10.1. The van der Waals surface area contributed by atoms with E-state index < -0.39 is 34.5 Å². The average molecular weight is 457 g/mol. The summed E-state index contributed by atoms with van der Waals surface area (Å²) in [6.45, 7) is -0.394. The fourth-order valence-electron chi connectivity index (χ4n) is 1.43. The van der Waals surface area contributed by atoms with Gasteiger partial charge < -0.3 is 9.47 Å². The molecular formula is C13H16INO7S. The van der Waals surface area contributed by atoms with E-state index in [9.17, 15) is 18.0 Å². The maximum atomic E-state index is 11.5. The highest BCUT2D eigenvalue weighted by Gasteiger charge is 2.09. The van der Waals surface area contributed by atoms with Crippen LogP contribution < -0.4 is 5.32 Å². The predicted octanol–water partition coefficient (Wildman–Crippen LogP) is 2.05. The van der Waals surface area contributed by atoms with Crippen LogP contribution in [0.3, 0.4) is 0 Å². The fraction of sp³-hybridized carbons (Fsp3) is 0.385. The van der Waals surface area contributed by atoms with E-state index in [-0.39, 0.29) is 19.4 Å². The molecule has 128 valence electrons. The molecule has 0 unspecified atom stereocenters. The minimum absolute atomic E-state index is 0.0170. The number of hydrogen-bond acceptors (Lipinski definition) is 6. The first-order valence-corrected chi connectivity index (χ1v) is 9.25. The largest absolute Gasteiger partial charge is 0.464 e. The Morgan fingerprint density at radius 1 is 1.22 bits per heavy atom. The van der Waals surface area contributed by atoms with Crippen LogP contribution in [0, 0.1) is 3.57 Å². The molecule has 0 fully saturated rings. The quantitative estimate of drug-likeness (QED) is 0.266. The molecule has 0 saturated heterocycles. The van der Waals surface area contributed by atoms with E-state index in [1.54, 1.807) is 18.2 Å². The van der Waals surface area contributed by atoms with Gasteiger partial charge in [0.1, 0.15) is 12.4 Å². The van der Waals surface area contributed by atoms with Crippen LogP contribution in [0.25, 0.3) is 0 Å². The smallest absolute Gasteiger partial charge is 0.411 e. The Kier molecular flexibility index (Phi) is 8.26. The fourth-order valence-corrected chi connectivity index (χ4v) is 2.27. The van der Waals surface area contributed by atoms with E-state index >= 15 is 0 Å². The molecule has 1 amide bonds. The first-order chi connectivity index (χ1) is 10.8. The molecule has 0 aromatic heterocycles. The zero-order chi connectivity index (χ0) is 17.3. The highest BCUT2D eigenvalue weighted by Crippen LogP contribution is 2.12. The third-order valence-electron chi connectivity index (χ3n) is 2.43. The molecule has 1 aromatic rings. The highest BCUT2D eigenvalue weighted by atomic mass is 127. The van der Waals surface area contributed by atoms with E-state index in [4.69, 9.17) is 9.29 Å². The summed E-state index contributed by atoms with van der Waals surface area (Å²) in [5, 5.41) is 2.55. The number of anilines is 1. The lowest BCUT2D eigenvalue weighted by atomic mass is 10.3. The number of esters is 1. The summed E-state index contributed by atoms with van der Waals surface area (Å²) in [7, 11) is -4.14. The SMILES string of the molecule is O=C(CCCOC(=O)Nc1cccc(I)c1)OCCS(=O)(=O)O. The number of nitrogens with one attached hydrogen (secondary N) is 1. The second-order valence-corrected chi connectivity index (χ2v) is 7.20. The van der Waals surface area contributed by atoms with Gasteiger partial charge in [-0.2, -0.15) is 8.42 Å². The lowest BCUT2D eigenvalue weighted by Gasteiger charge is -2.07. The summed E-state index contributed by atoms with van der Waals surface area (Å²) < 4.78 is 39.8. The minimum Gasteiger partial charge on any atom is -0.464 e. The zero-order valence-corrected chi connectivity index (χ0v) is 15.0. The standard InChI is InChI=1S/C13H16INO7S/c14-10-3-1-4-11(9-10)15-13(17)22-6-2-5-12(16)21-7-8-23(18,19)20/h1,3-4,9H,2,5-8H2,(H,15,17)(H,18,19,20). The van der Waals surface area contributed by atoms with Crippen LogP contribution in [0.2, 0.25) is 0 Å². The molecule has 0 heterocycles. The van der Waals surface area contributed by atoms with Crippen molar-refractivity contribution in [1.82, 2.24) is 0 Å². The van der Waals surface area contributed by atoms with Crippen LogP contribution in [-0.2, 0) is 24.4 Å². The lowest BCUT2D eigenvalue weighted by Crippen LogP contribution is -2.16. The summed E-state index contributed by atoms with van der Waals surface area (Å²) >= 11 is 2.11. The number of carbonyl (C=O) groups is 2. The predicted molar refractivity (Wildman–Crippen MR) is 90.7 cm³/mol. The highest BCUT2D eigenvalue weighted by molar-refractivity contribution is 14.1. The van der Waals surface area contributed by atoms with Gasteiger partial charge >= 0.3 is 12.1 Å². The van der Waals surface area contributed by atoms with E-state index in [2.05, 4.69) is 32.6 Å². The maximum Gasteiger partial charge on any atom is 0.411 e. The zero-order valence-electron chi connectivity index (χ0n) is 12.0. The first-order valence-electron chi connectivity index (χ1n) is 6.56. The van der Waals surface area contributed by atoms with E-state index in [0.717, 1.165) is 3.57 Å². The van der Waals surface area contributed by atoms with Gasteiger partial charge in [0.05, 0.1) is 6.61 Å². The van der Waals surface area contributed by atoms with Crippen molar-refractivity contribution >= 4 is 50.5 Å². The molecule has 0 aliphatic carbocycles. The van der Waals surface area contributed by atoms with E-state index in [0.29, 0.717) is 5.69 Å². The van der Waals surface area contributed by atoms with Crippen LogP contribution in [-0.4, -0.2) is 44.0 Å². The van der Waals surface area contributed by atoms with E-state index in [1.165, 1.54) is 0 Å². The molecule has 8 nitrogen and oxygen atoms in total. The van der Waals surface area contributed by atoms with Crippen LogP contribution in [0.1, 0.15) is 12.8 Å². The summed E-state index contributed by atoms with van der Waals surface area (Å²) in [6, 6.07) is 7.16. The van der Waals surface area contributed by atoms with Crippen molar-refractivity contribution in [3.8, 4) is 0 Å². The summed E-state index contributed by atoms with van der Waals surface area (Å²) in [5.74, 6) is -1.27. The van der Waals surface area contributed by atoms with E-state index in [1.807, 2.05) is 6.07 Å². The van der Waals surface area contributed by atoms with Crippen molar-refractivity contribution in [1.29, 1.82) is 0 Å². The van der Waals surface area contributed by atoms with Crippen LogP contribution in [0.15, 0.2) is 24.3 Å². The molecular weight excluding hydrogens is 441 g/mol. The second kappa shape index (κ2) is 9.67. The molecule has 23 heavy (non-hydrogen) atoms. The molecule has 2 N–H and O–H groups in total. The van der Waals surface area contributed by atoms with Gasteiger partial charge in [-0.05, 0) is 47.2 Å². The molecule has 0 spiro atoms. The molecule has 10 heteroatoms. The van der Waals surface area contributed by atoms with Gasteiger partial charge in [0, 0.05) is 15.7 Å². The molecule has 1 rings (SSSR count). The molecule has 0 radical (unpaired) electrons. The van der Waals surface area contributed by atoms with Crippen molar-refractivity contribution < 1.29 is 32.0 Å². The first kappa shape index (κ1) is 19.6. The van der Waals surface area contributed by atoms with Gasteiger partial charge in [0.25, 0.3) is 10.1 Å². The van der Waals surface area contributed by atoms with Gasteiger partial charge in [-0.25, -0.2) is 4.79 Å². The molecule has 1 aromatic carbocycles. The summed E-state index contributed by atoms with van der Waals surface area (Å²) in [4.78, 5) is 22.8. The van der Waals surface area contributed by atoms with Crippen molar-refractivity contribution in [2.75, 3.05) is 24.3 Å². The van der Waals surface area contributed by atoms with Crippen molar-refractivity contribution in [2.45, 2.75) is 12.8 Å². The van der Waals surface area contributed by atoms with Crippen LogP contribution >= 0.6 is 22.6 Å². The number of hydrogen-bond donors (Lipinski definition) is 2. The minimum atomic E-state index is -4.14. The number of amides is 1. The van der Waals surface area contributed by atoms with Crippen LogP contribution in [0.5, 0.6) is 0 Å². The number of ether oxygens (including phenoxy) is 2. The topological polar surface area (TPSA) is 119 Å². The van der Waals surface area contributed by atoms with Gasteiger partial charge in [-0.1, -0.05) is 6.07 Å². The summed E-state index contributed by atoms with van der Waals surface area (Å²) in [6.07, 6.45) is -0.418.